The lowest BCUT2D eigenvalue weighted by molar-refractivity contribution is -0.139. The Hall–Kier alpha value is -2.03. The van der Waals surface area contributed by atoms with Crippen LogP contribution in [0.4, 0.5) is 0 Å². The lowest BCUT2D eigenvalue weighted by Gasteiger charge is -2.07. The summed E-state index contributed by atoms with van der Waals surface area (Å²) >= 11 is 1.20. The number of thioether (sulfide) groups is 1. The molecular weight excluding hydrogens is 320 g/mol. The molecule has 0 spiro atoms. The van der Waals surface area contributed by atoms with Gasteiger partial charge in [0.1, 0.15) is 0 Å². The molecule has 9 heteroatoms. The van der Waals surface area contributed by atoms with E-state index in [1.807, 2.05) is 6.92 Å². The fourth-order valence-corrected chi connectivity index (χ4v) is 3.11. The molecule has 0 amide bonds. The van der Waals surface area contributed by atoms with Crippen molar-refractivity contribution in [3.8, 4) is 0 Å². The van der Waals surface area contributed by atoms with E-state index in [2.05, 4.69) is 4.98 Å². The number of imidazole rings is 1. The number of hydrogen-bond donors (Lipinski definition) is 0. The standard InChI is InChI=1S/C14H20N4O4S/c1-5-7-18-10-11(16(3)14(21)17(4)12(10)20)15-13(18)23-8-9(19)22-6-2/h5-8H2,1-4H3. The van der Waals surface area contributed by atoms with Crippen LogP contribution in [-0.4, -0.2) is 37.0 Å². The van der Waals surface area contributed by atoms with E-state index in [9.17, 15) is 14.4 Å². The Balaban J connectivity index is 2.57. The van der Waals surface area contributed by atoms with E-state index in [1.54, 1.807) is 18.5 Å². The molecule has 0 saturated carbocycles. The maximum Gasteiger partial charge on any atom is 0.332 e. The maximum absolute atomic E-state index is 12.4. The Morgan fingerprint density at radius 3 is 2.52 bits per heavy atom. The van der Waals surface area contributed by atoms with Crippen LogP contribution in [0.1, 0.15) is 20.3 Å². The van der Waals surface area contributed by atoms with Gasteiger partial charge in [0.25, 0.3) is 5.56 Å². The van der Waals surface area contributed by atoms with Gasteiger partial charge in [-0.05, 0) is 13.3 Å². The summed E-state index contributed by atoms with van der Waals surface area (Å²) in [5, 5.41) is 0.535. The van der Waals surface area contributed by atoms with E-state index in [-0.39, 0.29) is 17.3 Å². The summed E-state index contributed by atoms with van der Waals surface area (Å²) in [5.74, 6) is -0.232. The average Bonchev–Trinajstić information content (AvgIpc) is 2.88. The number of carbonyl (C=O) groups excluding carboxylic acids is 1. The highest BCUT2D eigenvalue weighted by molar-refractivity contribution is 7.99. The molecule has 2 aromatic rings. The number of aryl methyl sites for hydroxylation is 2. The molecule has 0 bridgehead atoms. The molecule has 0 aromatic carbocycles. The van der Waals surface area contributed by atoms with Gasteiger partial charge in [0, 0.05) is 20.6 Å². The SMILES string of the molecule is CCCn1c(SCC(=O)OCC)nc2c1c(=O)n(C)c(=O)n2C. The Bertz CT molecular complexity index is 849. The largest absolute Gasteiger partial charge is 0.465 e. The van der Waals surface area contributed by atoms with Crippen molar-refractivity contribution in [2.75, 3.05) is 12.4 Å². The lowest BCUT2D eigenvalue weighted by Crippen LogP contribution is -2.37. The van der Waals surface area contributed by atoms with Crippen LogP contribution in [0.3, 0.4) is 0 Å². The van der Waals surface area contributed by atoms with Gasteiger partial charge in [0.2, 0.25) is 0 Å². The number of ether oxygens (including phenoxy) is 1. The van der Waals surface area contributed by atoms with E-state index in [0.717, 1.165) is 11.0 Å². The minimum atomic E-state index is -0.425. The van der Waals surface area contributed by atoms with E-state index in [4.69, 9.17) is 4.74 Å². The quantitative estimate of drug-likeness (QED) is 0.562. The van der Waals surface area contributed by atoms with Gasteiger partial charge in [0.05, 0.1) is 12.4 Å². The smallest absolute Gasteiger partial charge is 0.332 e. The second kappa shape index (κ2) is 7.03. The van der Waals surface area contributed by atoms with Crippen LogP contribution < -0.4 is 11.2 Å². The first kappa shape index (κ1) is 17.3. The number of rotatable bonds is 6. The average molecular weight is 340 g/mol. The molecule has 0 fully saturated rings. The molecule has 0 aliphatic carbocycles. The summed E-state index contributed by atoms with van der Waals surface area (Å²) in [7, 11) is 3.02. The van der Waals surface area contributed by atoms with Gasteiger partial charge in [0.15, 0.2) is 16.3 Å². The van der Waals surface area contributed by atoms with Crippen molar-refractivity contribution >= 4 is 28.9 Å². The van der Waals surface area contributed by atoms with Gasteiger partial charge in [-0.25, -0.2) is 9.78 Å². The first-order chi connectivity index (χ1) is 10.9. The van der Waals surface area contributed by atoms with Crippen LogP contribution in [0.15, 0.2) is 14.7 Å². The Morgan fingerprint density at radius 2 is 1.91 bits per heavy atom. The molecule has 126 valence electrons. The van der Waals surface area contributed by atoms with Crippen molar-refractivity contribution < 1.29 is 9.53 Å². The molecule has 0 N–H and O–H groups in total. The minimum Gasteiger partial charge on any atom is -0.465 e. The Morgan fingerprint density at radius 1 is 1.22 bits per heavy atom. The van der Waals surface area contributed by atoms with Crippen LogP contribution in [0, 0.1) is 0 Å². The fourth-order valence-electron chi connectivity index (χ4n) is 2.29. The van der Waals surface area contributed by atoms with E-state index < -0.39 is 5.69 Å². The van der Waals surface area contributed by atoms with E-state index >= 15 is 0 Å². The van der Waals surface area contributed by atoms with Gasteiger partial charge < -0.3 is 9.30 Å². The van der Waals surface area contributed by atoms with Crippen molar-refractivity contribution in [3.63, 3.8) is 0 Å². The zero-order valence-corrected chi connectivity index (χ0v) is 14.5. The number of hydrogen-bond acceptors (Lipinski definition) is 6. The van der Waals surface area contributed by atoms with Crippen LogP contribution in [0.25, 0.3) is 11.2 Å². The molecule has 0 saturated heterocycles. The van der Waals surface area contributed by atoms with Gasteiger partial charge in [-0.1, -0.05) is 18.7 Å². The van der Waals surface area contributed by atoms with Crippen LogP contribution in [-0.2, 0) is 30.2 Å². The van der Waals surface area contributed by atoms with Crippen LogP contribution in [0.2, 0.25) is 0 Å². The molecule has 0 atom stereocenters. The third-order valence-corrected chi connectivity index (χ3v) is 4.33. The molecule has 0 aliphatic heterocycles. The molecule has 2 heterocycles. The highest BCUT2D eigenvalue weighted by Gasteiger charge is 2.19. The highest BCUT2D eigenvalue weighted by atomic mass is 32.2. The number of esters is 1. The summed E-state index contributed by atoms with van der Waals surface area (Å²) in [5.41, 5.74) is -0.0988. The topological polar surface area (TPSA) is 88.1 Å². The summed E-state index contributed by atoms with van der Waals surface area (Å²) in [4.78, 5) is 40.4. The van der Waals surface area contributed by atoms with Crippen molar-refractivity contribution in [3.05, 3.63) is 20.8 Å². The number of fused-ring (bicyclic) bond motifs is 1. The number of carbonyl (C=O) groups is 1. The predicted octanol–water partition coefficient (Wildman–Crippen LogP) is 0.499. The Labute approximate surface area is 137 Å². The normalized spacial score (nSPS) is 11.1. The second-order valence-electron chi connectivity index (χ2n) is 5.02. The number of nitrogens with zero attached hydrogens (tertiary/aromatic N) is 4. The van der Waals surface area contributed by atoms with Crippen LogP contribution >= 0.6 is 11.8 Å². The molecule has 2 rings (SSSR count). The monoisotopic (exact) mass is 340 g/mol. The van der Waals surface area contributed by atoms with Gasteiger partial charge in [-0.15, -0.1) is 0 Å². The number of aromatic nitrogens is 4. The van der Waals surface area contributed by atoms with Crippen molar-refractivity contribution in [2.24, 2.45) is 14.1 Å². The van der Waals surface area contributed by atoms with E-state index in [1.165, 1.54) is 23.4 Å². The van der Waals surface area contributed by atoms with Crippen molar-refractivity contribution in [1.82, 2.24) is 18.7 Å². The first-order valence-corrected chi connectivity index (χ1v) is 8.35. The summed E-state index contributed by atoms with van der Waals surface area (Å²) in [6.07, 6.45) is 0.796. The molecule has 0 radical (unpaired) electrons. The zero-order valence-electron chi connectivity index (χ0n) is 13.7. The highest BCUT2D eigenvalue weighted by Crippen LogP contribution is 2.22. The Kier molecular flexibility index (Phi) is 5.30. The predicted molar refractivity (Wildman–Crippen MR) is 87.9 cm³/mol. The molecule has 8 nitrogen and oxygen atoms in total. The van der Waals surface area contributed by atoms with Crippen molar-refractivity contribution in [1.29, 1.82) is 0 Å². The maximum atomic E-state index is 12.4. The summed E-state index contributed by atoms with van der Waals surface area (Å²) in [6, 6.07) is 0. The van der Waals surface area contributed by atoms with E-state index in [0.29, 0.717) is 29.5 Å². The molecule has 0 unspecified atom stereocenters. The van der Waals surface area contributed by atoms with Crippen LogP contribution in [0.5, 0.6) is 0 Å². The summed E-state index contributed by atoms with van der Waals surface area (Å²) < 4.78 is 9.08. The molecule has 23 heavy (non-hydrogen) atoms. The zero-order chi connectivity index (χ0) is 17.1. The van der Waals surface area contributed by atoms with Crippen molar-refractivity contribution in [2.45, 2.75) is 32.0 Å². The third-order valence-electron chi connectivity index (χ3n) is 3.38. The van der Waals surface area contributed by atoms with Gasteiger partial charge in [-0.2, -0.15) is 0 Å². The molecule has 0 aliphatic rings. The molecule has 2 aromatic heterocycles. The first-order valence-electron chi connectivity index (χ1n) is 7.37. The molecular formula is C14H20N4O4S. The van der Waals surface area contributed by atoms with Gasteiger partial charge in [-0.3, -0.25) is 18.7 Å². The van der Waals surface area contributed by atoms with Gasteiger partial charge >= 0.3 is 11.7 Å². The minimum absolute atomic E-state index is 0.106. The lowest BCUT2D eigenvalue weighted by atomic mass is 10.4. The third kappa shape index (κ3) is 3.19. The summed E-state index contributed by atoms with van der Waals surface area (Å²) in [6.45, 7) is 4.63. The fraction of sp³-hybridized carbons (Fsp3) is 0.571. The second-order valence-corrected chi connectivity index (χ2v) is 5.96.